The number of nitrogens with zero attached hydrogens (tertiary/aromatic N) is 6. The molecule has 0 bridgehead atoms. The number of hydrogen-bond donors (Lipinski definition) is 1. The molecular weight excluding hydrogens is 425 g/mol. The van der Waals surface area contributed by atoms with Gasteiger partial charge in [0.05, 0.1) is 28.5 Å². The van der Waals surface area contributed by atoms with Crippen LogP contribution in [0.3, 0.4) is 0 Å². The number of aromatic nitrogens is 6. The van der Waals surface area contributed by atoms with Crippen LogP contribution in [0.25, 0.3) is 10.9 Å². The molecule has 0 radical (unpaired) electrons. The zero-order valence-electron chi connectivity index (χ0n) is 16.6. The number of benzene rings is 1. The minimum absolute atomic E-state index is 0.107. The molecule has 4 rings (SSSR count). The van der Waals surface area contributed by atoms with E-state index in [2.05, 4.69) is 25.4 Å². The zero-order chi connectivity index (χ0) is 21.4. The highest BCUT2D eigenvalue weighted by Crippen LogP contribution is 2.27. The lowest BCUT2D eigenvalue weighted by atomic mass is 10.0. The molecule has 0 amide bonds. The Labute approximate surface area is 182 Å². The molecule has 154 valence electrons. The lowest BCUT2D eigenvalue weighted by molar-refractivity contribution is 0.715. The van der Waals surface area contributed by atoms with E-state index in [0.717, 1.165) is 16.5 Å². The Balaban J connectivity index is 1.75. The third kappa shape index (κ3) is 4.01. The Hall–Kier alpha value is -2.97. The van der Waals surface area contributed by atoms with Gasteiger partial charge in [-0.25, -0.2) is 15.0 Å². The van der Waals surface area contributed by atoms with Crippen LogP contribution in [0.15, 0.2) is 41.6 Å². The first kappa shape index (κ1) is 20.3. The molecule has 0 fully saturated rings. The number of rotatable bonds is 5. The zero-order valence-corrected chi connectivity index (χ0v) is 18.1. The lowest BCUT2D eigenvalue weighted by Gasteiger charge is -2.16. The van der Waals surface area contributed by atoms with Gasteiger partial charge in [0.25, 0.3) is 5.56 Å². The standard InChI is InChI=1S/C20H19Cl2N7O/c1-11(19-24-10-28(2)27-19)25-15-8-18(30)29(3)17-5-4-12(6-13(15)17)7-16-14(21)9-23-20(22)26-16/h4-6,8-11,25H,7H2,1-3H3. The molecule has 30 heavy (non-hydrogen) atoms. The summed E-state index contributed by atoms with van der Waals surface area (Å²) >= 11 is 12.1. The van der Waals surface area contributed by atoms with E-state index in [0.29, 0.717) is 28.6 Å². The molecule has 0 aliphatic heterocycles. The van der Waals surface area contributed by atoms with Gasteiger partial charge < -0.3 is 9.88 Å². The molecule has 1 unspecified atom stereocenters. The van der Waals surface area contributed by atoms with E-state index in [1.54, 1.807) is 28.7 Å². The first-order chi connectivity index (χ1) is 14.3. The van der Waals surface area contributed by atoms with Gasteiger partial charge in [0.1, 0.15) is 6.33 Å². The largest absolute Gasteiger partial charge is 0.375 e. The Bertz CT molecular complexity index is 1300. The number of nitrogens with one attached hydrogen (secondary N) is 1. The molecule has 0 aliphatic rings. The molecule has 10 heteroatoms. The van der Waals surface area contributed by atoms with Crippen LogP contribution in [0.5, 0.6) is 0 Å². The lowest BCUT2D eigenvalue weighted by Crippen LogP contribution is -2.19. The average molecular weight is 444 g/mol. The maximum Gasteiger partial charge on any atom is 0.252 e. The molecule has 4 aromatic rings. The molecule has 8 nitrogen and oxygen atoms in total. The second-order valence-electron chi connectivity index (χ2n) is 7.06. The minimum Gasteiger partial charge on any atom is -0.375 e. The van der Waals surface area contributed by atoms with Crippen LogP contribution in [0, 0.1) is 0 Å². The van der Waals surface area contributed by atoms with E-state index in [4.69, 9.17) is 23.2 Å². The Morgan fingerprint density at radius 3 is 2.70 bits per heavy atom. The Morgan fingerprint density at radius 2 is 1.97 bits per heavy atom. The highest BCUT2D eigenvalue weighted by atomic mass is 35.5. The molecule has 0 spiro atoms. The van der Waals surface area contributed by atoms with E-state index in [1.807, 2.05) is 32.2 Å². The Morgan fingerprint density at radius 1 is 1.17 bits per heavy atom. The van der Waals surface area contributed by atoms with E-state index in [9.17, 15) is 4.79 Å². The summed E-state index contributed by atoms with van der Waals surface area (Å²) in [5.74, 6) is 0.643. The predicted octanol–water partition coefficient (Wildman–Crippen LogP) is 3.53. The summed E-state index contributed by atoms with van der Waals surface area (Å²) in [4.78, 5) is 24.9. The summed E-state index contributed by atoms with van der Waals surface area (Å²) in [5.41, 5.74) is 3.03. The van der Waals surface area contributed by atoms with Gasteiger partial charge >= 0.3 is 0 Å². The third-order valence-corrected chi connectivity index (χ3v) is 5.34. The number of pyridine rings is 1. The van der Waals surface area contributed by atoms with Gasteiger partial charge in [-0.1, -0.05) is 17.7 Å². The average Bonchev–Trinajstić information content (AvgIpc) is 3.15. The first-order valence-corrected chi connectivity index (χ1v) is 9.99. The SMILES string of the molecule is CC(Nc1cc(=O)n(C)c2ccc(Cc3nc(Cl)ncc3Cl)cc12)c1ncn(C)n1. The minimum atomic E-state index is -0.180. The van der Waals surface area contributed by atoms with Crippen LogP contribution in [0.1, 0.15) is 30.0 Å². The Kier molecular flexibility index (Phi) is 5.44. The fourth-order valence-electron chi connectivity index (χ4n) is 3.29. The highest BCUT2D eigenvalue weighted by molar-refractivity contribution is 6.32. The van der Waals surface area contributed by atoms with Crippen LogP contribution < -0.4 is 10.9 Å². The van der Waals surface area contributed by atoms with Crippen molar-refractivity contribution in [2.45, 2.75) is 19.4 Å². The molecule has 1 N–H and O–H groups in total. The van der Waals surface area contributed by atoms with Gasteiger partial charge in [-0.3, -0.25) is 9.48 Å². The van der Waals surface area contributed by atoms with Gasteiger partial charge in [0, 0.05) is 37.7 Å². The molecule has 0 saturated carbocycles. The molecule has 1 atom stereocenters. The summed E-state index contributed by atoms with van der Waals surface area (Å²) < 4.78 is 3.26. The predicted molar refractivity (Wildman–Crippen MR) is 117 cm³/mol. The van der Waals surface area contributed by atoms with E-state index in [1.165, 1.54) is 6.20 Å². The van der Waals surface area contributed by atoms with Crippen molar-refractivity contribution in [3.63, 3.8) is 0 Å². The van der Waals surface area contributed by atoms with Crippen molar-refractivity contribution in [2.24, 2.45) is 14.1 Å². The topological polar surface area (TPSA) is 90.5 Å². The van der Waals surface area contributed by atoms with Crippen LogP contribution >= 0.6 is 23.2 Å². The summed E-state index contributed by atoms with van der Waals surface area (Å²) in [6.45, 7) is 1.95. The van der Waals surface area contributed by atoms with Gasteiger partial charge in [-0.15, -0.1) is 0 Å². The smallest absolute Gasteiger partial charge is 0.252 e. The molecule has 0 aliphatic carbocycles. The summed E-state index contributed by atoms with van der Waals surface area (Å²) in [7, 11) is 3.56. The van der Waals surface area contributed by atoms with E-state index in [-0.39, 0.29) is 16.9 Å². The van der Waals surface area contributed by atoms with Crippen molar-refractivity contribution in [3.05, 3.63) is 74.5 Å². The summed E-state index contributed by atoms with van der Waals surface area (Å²) in [6, 6.07) is 7.28. The van der Waals surface area contributed by atoms with Crippen molar-refractivity contribution >= 4 is 39.8 Å². The van der Waals surface area contributed by atoms with Crippen LogP contribution in [0.2, 0.25) is 10.3 Å². The van der Waals surface area contributed by atoms with Gasteiger partial charge in [-0.2, -0.15) is 5.10 Å². The van der Waals surface area contributed by atoms with Gasteiger partial charge in [-0.05, 0) is 36.2 Å². The van der Waals surface area contributed by atoms with Crippen molar-refractivity contribution in [1.29, 1.82) is 0 Å². The second-order valence-corrected chi connectivity index (χ2v) is 7.80. The highest BCUT2D eigenvalue weighted by Gasteiger charge is 2.15. The molecule has 1 aromatic carbocycles. The number of aryl methyl sites for hydroxylation is 2. The second kappa shape index (κ2) is 8.04. The van der Waals surface area contributed by atoms with Crippen molar-refractivity contribution in [2.75, 3.05) is 5.32 Å². The third-order valence-electron chi connectivity index (χ3n) is 4.85. The molecule has 3 heterocycles. The summed E-state index contributed by atoms with van der Waals surface area (Å²) in [6.07, 6.45) is 3.62. The number of hydrogen-bond acceptors (Lipinski definition) is 6. The van der Waals surface area contributed by atoms with Crippen LogP contribution in [-0.2, 0) is 20.5 Å². The molecular formula is C20H19Cl2N7O. The van der Waals surface area contributed by atoms with Crippen LogP contribution in [0.4, 0.5) is 5.69 Å². The summed E-state index contributed by atoms with van der Waals surface area (Å²) in [5, 5.41) is 9.20. The van der Waals surface area contributed by atoms with Gasteiger partial charge in [0.2, 0.25) is 5.28 Å². The van der Waals surface area contributed by atoms with E-state index >= 15 is 0 Å². The monoisotopic (exact) mass is 443 g/mol. The van der Waals surface area contributed by atoms with Gasteiger partial charge in [0.15, 0.2) is 5.82 Å². The fraction of sp³-hybridized carbons (Fsp3) is 0.250. The number of anilines is 1. The molecule has 3 aromatic heterocycles. The van der Waals surface area contributed by atoms with Crippen LogP contribution in [-0.4, -0.2) is 29.3 Å². The van der Waals surface area contributed by atoms with Crippen molar-refractivity contribution < 1.29 is 0 Å². The number of fused-ring (bicyclic) bond motifs is 1. The first-order valence-electron chi connectivity index (χ1n) is 9.23. The van der Waals surface area contributed by atoms with Crippen molar-refractivity contribution in [3.8, 4) is 0 Å². The van der Waals surface area contributed by atoms with E-state index < -0.39 is 0 Å². The molecule has 0 saturated heterocycles. The number of halogens is 2. The maximum atomic E-state index is 12.5. The fourth-order valence-corrected chi connectivity index (χ4v) is 3.59. The normalized spacial score (nSPS) is 12.3. The van der Waals surface area contributed by atoms with Crippen molar-refractivity contribution in [1.82, 2.24) is 29.3 Å². The quantitative estimate of drug-likeness (QED) is 0.474. The maximum absolute atomic E-state index is 12.5.